The summed E-state index contributed by atoms with van der Waals surface area (Å²) in [5, 5.41) is 10.2. The summed E-state index contributed by atoms with van der Waals surface area (Å²) in [7, 11) is 0. The van der Waals surface area contributed by atoms with Gasteiger partial charge in [-0.1, -0.05) is 24.3 Å². The third-order valence-corrected chi connectivity index (χ3v) is 7.77. The summed E-state index contributed by atoms with van der Waals surface area (Å²) in [4.78, 5) is 51.8. The number of fused-ring (bicyclic) bond motifs is 1. The SMILES string of the molecule is Cc1scc(-c2cccc(NC(=O)NCc3ccc4c(c3)CN(C3CCC(=O)NC3=O)C4=O)c2)c1C. The number of aryl methyl sites for hydroxylation is 1. The Kier molecular flexibility index (Phi) is 6.32. The van der Waals surface area contributed by atoms with Crippen molar-refractivity contribution in [1.29, 1.82) is 0 Å². The number of carbonyl (C=O) groups excluding carboxylic acids is 4. The van der Waals surface area contributed by atoms with Gasteiger partial charge in [-0.05, 0) is 71.7 Å². The van der Waals surface area contributed by atoms with E-state index in [4.69, 9.17) is 0 Å². The molecule has 36 heavy (non-hydrogen) atoms. The minimum absolute atomic E-state index is 0.215. The first-order valence-electron chi connectivity index (χ1n) is 11.8. The standard InChI is InChI=1S/C27H26N4O4S/c1-15-16(2)36-14-22(15)18-4-3-5-20(11-18)29-27(35)28-12-17-6-7-21-19(10-17)13-31(26(21)34)23-8-9-24(32)30-25(23)33/h3-7,10-11,14,23H,8-9,12-13H2,1-2H3,(H2,28,29,35)(H,30,32,33). The molecule has 0 saturated carbocycles. The number of benzene rings is 2. The molecule has 184 valence electrons. The minimum atomic E-state index is -0.646. The maximum atomic E-state index is 12.8. The minimum Gasteiger partial charge on any atom is -0.334 e. The van der Waals surface area contributed by atoms with Gasteiger partial charge in [-0.15, -0.1) is 11.3 Å². The fourth-order valence-electron chi connectivity index (χ4n) is 4.66. The number of hydrogen-bond donors (Lipinski definition) is 3. The molecule has 2 aromatic carbocycles. The zero-order valence-electron chi connectivity index (χ0n) is 20.0. The largest absolute Gasteiger partial charge is 0.334 e. The highest BCUT2D eigenvalue weighted by atomic mass is 32.1. The first-order chi connectivity index (χ1) is 17.3. The Bertz CT molecular complexity index is 1400. The molecule has 0 radical (unpaired) electrons. The van der Waals surface area contributed by atoms with Gasteiger partial charge in [0.05, 0.1) is 0 Å². The molecular formula is C27H26N4O4S. The molecule has 1 saturated heterocycles. The predicted octanol–water partition coefficient (Wildman–Crippen LogP) is 4.11. The number of nitrogens with one attached hydrogen (secondary N) is 3. The lowest BCUT2D eigenvalue weighted by Crippen LogP contribution is -2.52. The number of thiophene rings is 1. The third kappa shape index (κ3) is 4.61. The van der Waals surface area contributed by atoms with E-state index >= 15 is 0 Å². The second kappa shape index (κ2) is 9.58. The molecule has 9 heteroatoms. The monoisotopic (exact) mass is 502 g/mol. The fourth-order valence-corrected chi connectivity index (χ4v) is 5.55. The van der Waals surface area contributed by atoms with Crippen LogP contribution in [-0.4, -0.2) is 34.7 Å². The number of anilines is 1. The maximum Gasteiger partial charge on any atom is 0.319 e. The molecule has 3 N–H and O–H groups in total. The summed E-state index contributed by atoms with van der Waals surface area (Å²) in [5.74, 6) is -0.956. The molecule has 5 amide bonds. The molecule has 5 rings (SSSR count). The molecule has 0 bridgehead atoms. The van der Waals surface area contributed by atoms with E-state index in [-0.39, 0.29) is 30.8 Å². The van der Waals surface area contributed by atoms with Crippen LogP contribution in [0.15, 0.2) is 47.8 Å². The van der Waals surface area contributed by atoms with Crippen molar-refractivity contribution in [3.05, 3.63) is 75.0 Å². The second-order valence-electron chi connectivity index (χ2n) is 9.11. The van der Waals surface area contributed by atoms with Gasteiger partial charge in [-0.2, -0.15) is 0 Å². The number of amides is 5. The Balaban J connectivity index is 1.21. The lowest BCUT2D eigenvalue weighted by molar-refractivity contribution is -0.136. The van der Waals surface area contributed by atoms with Gasteiger partial charge < -0.3 is 15.5 Å². The van der Waals surface area contributed by atoms with Gasteiger partial charge in [0.2, 0.25) is 11.8 Å². The van der Waals surface area contributed by atoms with Crippen LogP contribution in [0.5, 0.6) is 0 Å². The molecule has 1 aromatic heterocycles. The quantitative estimate of drug-likeness (QED) is 0.456. The number of nitrogens with zero attached hydrogens (tertiary/aromatic N) is 1. The first-order valence-corrected chi connectivity index (χ1v) is 12.6. The van der Waals surface area contributed by atoms with Crippen LogP contribution in [-0.2, 0) is 22.7 Å². The molecule has 3 heterocycles. The first kappa shape index (κ1) is 23.7. The molecule has 2 aliphatic rings. The molecule has 1 atom stereocenters. The Morgan fingerprint density at radius 3 is 2.69 bits per heavy atom. The number of hydrogen-bond acceptors (Lipinski definition) is 5. The van der Waals surface area contributed by atoms with Crippen molar-refractivity contribution >= 4 is 40.8 Å². The number of carbonyl (C=O) groups is 4. The molecule has 1 fully saturated rings. The van der Waals surface area contributed by atoms with Gasteiger partial charge >= 0.3 is 6.03 Å². The number of urea groups is 1. The van der Waals surface area contributed by atoms with Crippen LogP contribution in [0.1, 0.15) is 44.8 Å². The van der Waals surface area contributed by atoms with Crippen molar-refractivity contribution in [3.8, 4) is 11.1 Å². The molecular weight excluding hydrogens is 476 g/mol. The van der Waals surface area contributed by atoms with Crippen LogP contribution in [0, 0.1) is 13.8 Å². The summed E-state index contributed by atoms with van der Waals surface area (Å²) < 4.78 is 0. The maximum absolute atomic E-state index is 12.8. The molecule has 0 spiro atoms. The lowest BCUT2D eigenvalue weighted by Gasteiger charge is -2.29. The van der Waals surface area contributed by atoms with E-state index in [2.05, 4.69) is 35.2 Å². The highest BCUT2D eigenvalue weighted by Gasteiger charge is 2.39. The van der Waals surface area contributed by atoms with Gasteiger partial charge in [0, 0.05) is 35.6 Å². The van der Waals surface area contributed by atoms with Crippen molar-refractivity contribution in [2.45, 2.75) is 45.8 Å². The Hall–Kier alpha value is -3.98. The van der Waals surface area contributed by atoms with Crippen LogP contribution < -0.4 is 16.0 Å². The summed E-state index contributed by atoms with van der Waals surface area (Å²) in [6.45, 7) is 4.78. The molecule has 3 aromatic rings. The van der Waals surface area contributed by atoms with Crippen molar-refractivity contribution in [2.24, 2.45) is 0 Å². The summed E-state index contributed by atoms with van der Waals surface area (Å²) in [6, 6.07) is 12.2. The van der Waals surface area contributed by atoms with Crippen molar-refractivity contribution in [1.82, 2.24) is 15.5 Å². The smallest absolute Gasteiger partial charge is 0.319 e. The van der Waals surface area contributed by atoms with Gasteiger partial charge in [0.15, 0.2) is 0 Å². The van der Waals surface area contributed by atoms with Crippen LogP contribution in [0.25, 0.3) is 11.1 Å². The lowest BCUT2D eigenvalue weighted by atomic mass is 10.0. The predicted molar refractivity (Wildman–Crippen MR) is 138 cm³/mol. The second-order valence-corrected chi connectivity index (χ2v) is 10.2. The molecule has 2 aliphatic heterocycles. The number of rotatable bonds is 5. The van der Waals surface area contributed by atoms with Gasteiger partial charge in [-0.25, -0.2) is 4.79 Å². The van der Waals surface area contributed by atoms with Crippen molar-refractivity contribution < 1.29 is 19.2 Å². The van der Waals surface area contributed by atoms with E-state index in [1.54, 1.807) is 23.5 Å². The molecule has 1 unspecified atom stereocenters. The van der Waals surface area contributed by atoms with E-state index in [0.29, 0.717) is 24.2 Å². The van der Waals surface area contributed by atoms with Crippen LogP contribution >= 0.6 is 11.3 Å². The van der Waals surface area contributed by atoms with Crippen LogP contribution in [0.4, 0.5) is 10.5 Å². The number of piperidine rings is 1. The molecule has 8 nitrogen and oxygen atoms in total. The van der Waals surface area contributed by atoms with E-state index in [1.165, 1.54) is 20.9 Å². The van der Waals surface area contributed by atoms with Gasteiger partial charge in [-0.3, -0.25) is 19.7 Å². The van der Waals surface area contributed by atoms with Crippen molar-refractivity contribution in [2.75, 3.05) is 5.32 Å². The number of imide groups is 1. The Morgan fingerprint density at radius 2 is 1.94 bits per heavy atom. The summed E-state index contributed by atoms with van der Waals surface area (Å²) in [5.41, 5.74) is 6.36. The van der Waals surface area contributed by atoms with Crippen LogP contribution in [0.2, 0.25) is 0 Å². The fraction of sp³-hybridized carbons (Fsp3) is 0.259. The van der Waals surface area contributed by atoms with Crippen LogP contribution in [0.3, 0.4) is 0 Å². The highest BCUT2D eigenvalue weighted by molar-refractivity contribution is 7.10. The Morgan fingerprint density at radius 1 is 1.11 bits per heavy atom. The zero-order valence-corrected chi connectivity index (χ0v) is 20.8. The average molecular weight is 503 g/mol. The van der Waals surface area contributed by atoms with E-state index in [1.807, 2.05) is 30.3 Å². The zero-order chi connectivity index (χ0) is 25.4. The van der Waals surface area contributed by atoms with Gasteiger partial charge in [0.25, 0.3) is 5.91 Å². The summed E-state index contributed by atoms with van der Waals surface area (Å²) >= 11 is 1.71. The van der Waals surface area contributed by atoms with Gasteiger partial charge in [0.1, 0.15) is 6.04 Å². The normalized spacial score (nSPS) is 17.1. The van der Waals surface area contributed by atoms with E-state index in [0.717, 1.165) is 16.7 Å². The summed E-state index contributed by atoms with van der Waals surface area (Å²) in [6.07, 6.45) is 0.544. The van der Waals surface area contributed by atoms with E-state index in [9.17, 15) is 19.2 Å². The topological polar surface area (TPSA) is 108 Å². The highest BCUT2D eigenvalue weighted by Crippen LogP contribution is 2.32. The molecule has 0 aliphatic carbocycles. The Labute approximate surface area is 212 Å². The van der Waals surface area contributed by atoms with Crippen molar-refractivity contribution in [3.63, 3.8) is 0 Å². The average Bonchev–Trinajstić information content (AvgIpc) is 3.36. The van der Waals surface area contributed by atoms with E-state index < -0.39 is 11.9 Å². The third-order valence-electron chi connectivity index (χ3n) is 6.76.